The monoisotopic (exact) mass is 318 g/mol. The van der Waals surface area contributed by atoms with Gasteiger partial charge in [0.2, 0.25) is 0 Å². The molecule has 0 atom stereocenters. The molecular formula is C13H20BrClN2. The Labute approximate surface area is 117 Å². The van der Waals surface area contributed by atoms with Crippen LogP contribution in [0.3, 0.4) is 0 Å². The number of hydrogen-bond acceptors (Lipinski definition) is 2. The molecule has 2 nitrogen and oxygen atoms in total. The first-order valence-electron chi connectivity index (χ1n) is 5.99. The van der Waals surface area contributed by atoms with Crippen LogP contribution in [0.4, 0.5) is 5.82 Å². The molecule has 0 aromatic carbocycles. The second kappa shape index (κ2) is 6.60. The van der Waals surface area contributed by atoms with Crippen molar-refractivity contribution in [1.29, 1.82) is 0 Å². The van der Waals surface area contributed by atoms with Crippen LogP contribution in [0.5, 0.6) is 0 Å². The highest BCUT2D eigenvalue weighted by molar-refractivity contribution is 9.10. The molecule has 4 heteroatoms. The molecule has 0 aliphatic carbocycles. The third-order valence-electron chi connectivity index (χ3n) is 3.47. The molecule has 1 aromatic heterocycles. The zero-order chi connectivity index (χ0) is 12.9. The summed E-state index contributed by atoms with van der Waals surface area (Å²) in [6.07, 6.45) is 3.99. The number of hydrogen-bond donors (Lipinski definition) is 1. The quantitative estimate of drug-likeness (QED) is 0.775. The fraction of sp³-hybridized carbons (Fsp3) is 0.615. The smallest absolute Gasteiger partial charge is 0.126 e. The molecule has 0 radical (unpaired) electrons. The van der Waals surface area contributed by atoms with Gasteiger partial charge in [-0.1, -0.05) is 13.8 Å². The highest BCUT2D eigenvalue weighted by atomic mass is 79.9. The molecule has 1 aromatic rings. The van der Waals surface area contributed by atoms with Crippen molar-refractivity contribution in [3.63, 3.8) is 0 Å². The van der Waals surface area contributed by atoms with Gasteiger partial charge in [0, 0.05) is 28.5 Å². The van der Waals surface area contributed by atoms with Gasteiger partial charge >= 0.3 is 0 Å². The molecule has 96 valence electrons. The molecular weight excluding hydrogens is 300 g/mol. The first-order chi connectivity index (χ1) is 8.06. The first-order valence-corrected chi connectivity index (χ1v) is 7.31. The molecule has 0 saturated heterocycles. The fourth-order valence-electron chi connectivity index (χ4n) is 1.65. The molecule has 1 rings (SSSR count). The number of nitrogens with one attached hydrogen (secondary N) is 1. The third-order valence-corrected chi connectivity index (χ3v) is 4.87. The van der Waals surface area contributed by atoms with Crippen molar-refractivity contribution in [2.75, 3.05) is 17.7 Å². The van der Waals surface area contributed by atoms with Crippen molar-refractivity contribution in [3.8, 4) is 0 Å². The number of halogens is 2. The topological polar surface area (TPSA) is 24.9 Å². The van der Waals surface area contributed by atoms with Gasteiger partial charge in [-0.25, -0.2) is 4.98 Å². The van der Waals surface area contributed by atoms with E-state index >= 15 is 0 Å². The molecule has 0 bridgehead atoms. The second-order valence-corrected chi connectivity index (χ2v) is 5.63. The van der Waals surface area contributed by atoms with E-state index in [1.54, 1.807) is 0 Å². The van der Waals surface area contributed by atoms with Gasteiger partial charge in [-0.2, -0.15) is 0 Å². The summed E-state index contributed by atoms with van der Waals surface area (Å²) in [5.41, 5.74) is 1.36. The molecule has 0 aliphatic heterocycles. The number of aromatic nitrogens is 1. The van der Waals surface area contributed by atoms with Crippen molar-refractivity contribution in [2.24, 2.45) is 5.41 Å². The molecule has 1 heterocycles. The van der Waals surface area contributed by atoms with Gasteiger partial charge in [-0.15, -0.1) is 11.6 Å². The lowest BCUT2D eigenvalue weighted by molar-refractivity contribution is 0.326. The Kier molecular flexibility index (Phi) is 5.74. The van der Waals surface area contributed by atoms with E-state index in [-0.39, 0.29) is 5.41 Å². The Morgan fingerprint density at radius 1 is 1.41 bits per heavy atom. The summed E-state index contributed by atoms with van der Waals surface area (Å²) in [5.74, 6) is 1.60. The minimum atomic E-state index is 0.171. The minimum absolute atomic E-state index is 0.171. The maximum Gasteiger partial charge on any atom is 0.126 e. The van der Waals surface area contributed by atoms with E-state index in [2.05, 4.69) is 47.0 Å². The predicted octanol–water partition coefficient (Wildman–Crippen LogP) is 4.61. The van der Waals surface area contributed by atoms with Crippen molar-refractivity contribution >= 4 is 33.3 Å². The van der Waals surface area contributed by atoms with E-state index in [1.807, 2.05) is 12.3 Å². The van der Waals surface area contributed by atoms with E-state index in [0.29, 0.717) is 5.88 Å². The van der Waals surface area contributed by atoms with Gasteiger partial charge in [0.05, 0.1) is 0 Å². The van der Waals surface area contributed by atoms with Gasteiger partial charge in [0.15, 0.2) is 0 Å². The number of anilines is 1. The molecule has 0 amide bonds. The zero-order valence-corrected chi connectivity index (χ0v) is 13.0. The lowest BCUT2D eigenvalue weighted by Gasteiger charge is -2.29. The van der Waals surface area contributed by atoms with Crippen LogP contribution in [0.2, 0.25) is 0 Å². The van der Waals surface area contributed by atoms with E-state index < -0.39 is 0 Å². The molecule has 1 N–H and O–H groups in total. The van der Waals surface area contributed by atoms with Crippen LogP contribution in [0, 0.1) is 12.3 Å². The van der Waals surface area contributed by atoms with Crippen LogP contribution >= 0.6 is 27.5 Å². The summed E-state index contributed by atoms with van der Waals surface area (Å²) in [6.45, 7) is 7.31. The van der Waals surface area contributed by atoms with Crippen LogP contribution in [0.25, 0.3) is 0 Å². The second-order valence-electron chi connectivity index (χ2n) is 4.51. The minimum Gasteiger partial charge on any atom is -0.369 e. The Morgan fingerprint density at radius 2 is 2.06 bits per heavy atom. The van der Waals surface area contributed by atoms with E-state index in [1.165, 1.54) is 5.56 Å². The Hall–Kier alpha value is -0.280. The molecule has 0 aliphatic rings. The lowest BCUT2D eigenvalue weighted by atomic mass is 9.84. The average molecular weight is 320 g/mol. The van der Waals surface area contributed by atoms with E-state index in [9.17, 15) is 0 Å². The summed E-state index contributed by atoms with van der Waals surface area (Å²) in [6, 6.07) is 2.05. The lowest BCUT2D eigenvalue weighted by Crippen LogP contribution is -2.30. The number of nitrogens with zero attached hydrogens (tertiary/aromatic N) is 1. The molecule has 0 spiro atoms. The third kappa shape index (κ3) is 3.85. The maximum atomic E-state index is 6.08. The highest BCUT2D eigenvalue weighted by Crippen LogP contribution is 2.28. The van der Waals surface area contributed by atoms with Crippen LogP contribution in [-0.2, 0) is 0 Å². The Balaban J connectivity index is 2.68. The maximum absolute atomic E-state index is 6.08. The largest absolute Gasteiger partial charge is 0.369 e. The molecule has 0 fully saturated rings. The number of pyridine rings is 1. The Morgan fingerprint density at radius 3 is 2.53 bits per heavy atom. The highest BCUT2D eigenvalue weighted by Gasteiger charge is 2.24. The van der Waals surface area contributed by atoms with Gasteiger partial charge in [-0.3, -0.25) is 0 Å². The van der Waals surface area contributed by atoms with Crippen molar-refractivity contribution in [1.82, 2.24) is 4.98 Å². The summed E-state index contributed by atoms with van der Waals surface area (Å²) in [5, 5.41) is 3.39. The number of alkyl halides is 1. The summed E-state index contributed by atoms with van der Waals surface area (Å²) in [7, 11) is 0. The predicted molar refractivity (Wildman–Crippen MR) is 78.9 cm³/mol. The van der Waals surface area contributed by atoms with Crippen molar-refractivity contribution in [2.45, 2.75) is 33.6 Å². The van der Waals surface area contributed by atoms with Gasteiger partial charge in [0.1, 0.15) is 5.82 Å². The Bertz CT molecular complexity index is 356. The SMILES string of the molecule is CCC(CC)(CCl)CNc1cc(C)c(Br)cn1. The van der Waals surface area contributed by atoms with Crippen LogP contribution in [0.15, 0.2) is 16.7 Å². The number of rotatable bonds is 6. The first kappa shape index (κ1) is 14.8. The van der Waals surface area contributed by atoms with Crippen molar-refractivity contribution in [3.05, 3.63) is 22.3 Å². The number of aryl methyl sites for hydroxylation is 1. The van der Waals surface area contributed by atoms with Crippen LogP contribution in [-0.4, -0.2) is 17.4 Å². The zero-order valence-electron chi connectivity index (χ0n) is 10.7. The average Bonchev–Trinajstić information content (AvgIpc) is 2.36. The van der Waals surface area contributed by atoms with Gasteiger partial charge in [0.25, 0.3) is 0 Å². The summed E-state index contributed by atoms with van der Waals surface area (Å²) < 4.78 is 1.04. The van der Waals surface area contributed by atoms with Gasteiger partial charge in [-0.05, 0) is 47.3 Å². The molecule has 17 heavy (non-hydrogen) atoms. The van der Waals surface area contributed by atoms with Crippen LogP contribution < -0.4 is 5.32 Å². The normalized spacial score (nSPS) is 11.6. The summed E-state index contributed by atoms with van der Waals surface area (Å²) in [4.78, 5) is 4.34. The van der Waals surface area contributed by atoms with E-state index in [4.69, 9.17) is 11.6 Å². The standard InChI is InChI=1S/C13H20BrClN2/c1-4-13(5-2,8-15)9-17-12-6-10(3)11(14)7-16-12/h6-7H,4-5,8-9H2,1-3H3,(H,16,17). The fourth-order valence-corrected chi connectivity index (χ4v) is 2.34. The van der Waals surface area contributed by atoms with E-state index in [0.717, 1.165) is 29.7 Å². The van der Waals surface area contributed by atoms with Crippen molar-refractivity contribution < 1.29 is 0 Å². The summed E-state index contributed by atoms with van der Waals surface area (Å²) >= 11 is 9.53. The molecule has 0 unspecified atom stereocenters. The van der Waals surface area contributed by atoms with Gasteiger partial charge < -0.3 is 5.32 Å². The molecule has 0 saturated carbocycles. The van der Waals surface area contributed by atoms with Crippen LogP contribution in [0.1, 0.15) is 32.3 Å².